The number of nitrogens with one attached hydrogen (secondary N) is 1. The van der Waals surface area contributed by atoms with Gasteiger partial charge in [0.1, 0.15) is 6.61 Å². The van der Waals surface area contributed by atoms with Gasteiger partial charge in [0.05, 0.1) is 23.8 Å². The lowest BCUT2D eigenvalue weighted by Gasteiger charge is -2.31. The number of allylic oxidation sites excluding steroid dienone is 1. The van der Waals surface area contributed by atoms with E-state index in [2.05, 4.69) is 10.3 Å². The molecule has 0 aliphatic carbocycles. The van der Waals surface area contributed by atoms with Gasteiger partial charge in [-0.3, -0.25) is 0 Å². The highest BCUT2D eigenvalue weighted by atomic mass is 19.4. The molecule has 0 fully saturated rings. The van der Waals surface area contributed by atoms with Gasteiger partial charge in [-0.1, -0.05) is 18.2 Å². The molecule has 0 radical (unpaired) electrons. The van der Waals surface area contributed by atoms with E-state index in [0.717, 1.165) is 6.07 Å². The van der Waals surface area contributed by atoms with Crippen LogP contribution in [0.2, 0.25) is 0 Å². The van der Waals surface area contributed by atoms with Crippen molar-refractivity contribution in [1.82, 2.24) is 9.55 Å². The molecule has 0 amide bonds. The molecule has 144 valence electrons. The second-order valence-corrected chi connectivity index (χ2v) is 5.94. The summed E-state index contributed by atoms with van der Waals surface area (Å²) in [6, 6.07) is 4.16. The third-order valence-electron chi connectivity index (χ3n) is 4.22. The second-order valence-electron chi connectivity index (χ2n) is 5.94. The molecule has 1 aliphatic rings. The summed E-state index contributed by atoms with van der Waals surface area (Å²) in [5.74, 6) is -0.360. The molecule has 0 saturated carbocycles. The number of halogens is 3. The Balaban J connectivity index is 2.12. The van der Waals surface area contributed by atoms with E-state index in [1.165, 1.54) is 42.3 Å². The van der Waals surface area contributed by atoms with E-state index >= 15 is 0 Å². The van der Waals surface area contributed by atoms with E-state index in [4.69, 9.17) is 9.47 Å². The predicted octanol–water partition coefficient (Wildman–Crippen LogP) is 3.38. The van der Waals surface area contributed by atoms with Crippen molar-refractivity contribution in [1.29, 1.82) is 0 Å². The van der Waals surface area contributed by atoms with E-state index in [1.807, 2.05) is 0 Å². The molecular weight excluding hydrogens is 363 g/mol. The van der Waals surface area contributed by atoms with Gasteiger partial charge in [0.15, 0.2) is 0 Å². The number of aromatic nitrogens is 2. The first-order valence-electron chi connectivity index (χ1n) is 8.17. The van der Waals surface area contributed by atoms with Crippen LogP contribution >= 0.6 is 0 Å². The largest absolute Gasteiger partial charge is 0.460 e. The maximum absolute atomic E-state index is 13.6. The zero-order chi connectivity index (χ0) is 19.6. The number of alkyl halides is 3. The number of carbonyl (C=O) groups excluding carboxylic acids is 1. The van der Waals surface area contributed by atoms with Gasteiger partial charge in [0, 0.05) is 25.2 Å². The Kier molecular flexibility index (Phi) is 5.22. The van der Waals surface area contributed by atoms with Gasteiger partial charge in [0.2, 0.25) is 5.95 Å². The lowest BCUT2D eigenvalue weighted by Crippen LogP contribution is -2.30. The van der Waals surface area contributed by atoms with Crippen LogP contribution in [-0.4, -0.2) is 35.8 Å². The number of imidazole rings is 1. The molecular formula is C18H18F3N3O3. The molecule has 1 aromatic heterocycles. The average molecular weight is 381 g/mol. The third-order valence-corrected chi connectivity index (χ3v) is 4.22. The number of ether oxygens (including phenoxy) is 2. The second kappa shape index (κ2) is 7.43. The molecule has 1 aromatic carbocycles. The zero-order valence-electron chi connectivity index (χ0n) is 14.7. The molecule has 1 unspecified atom stereocenters. The number of benzene rings is 1. The Morgan fingerprint density at radius 2 is 2.04 bits per heavy atom. The first-order chi connectivity index (χ1) is 12.8. The van der Waals surface area contributed by atoms with E-state index in [9.17, 15) is 18.0 Å². The monoisotopic (exact) mass is 381 g/mol. The first-order valence-corrected chi connectivity index (χ1v) is 8.17. The van der Waals surface area contributed by atoms with Gasteiger partial charge < -0.3 is 19.4 Å². The number of anilines is 1. The minimum absolute atomic E-state index is 0.00344. The topological polar surface area (TPSA) is 65.4 Å². The van der Waals surface area contributed by atoms with Crippen LogP contribution in [0.5, 0.6) is 0 Å². The molecule has 2 aromatic rings. The maximum Gasteiger partial charge on any atom is 0.416 e. The van der Waals surface area contributed by atoms with Gasteiger partial charge in [-0.2, -0.15) is 13.2 Å². The van der Waals surface area contributed by atoms with Crippen LogP contribution in [0, 0.1) is 0 Å². The molecule has 2 heterocycles. The van der Waals surface area contributed by atoms with Gasteiger partial charge in [-0.25, -0.2) is 9.78 Å². The van der Waals surface area contributed by atoms with Crippen molar-refractivity contribution in [3.8, 4) is 0 Å². The normalized spacial score (nSPS) is 16.7. The summed E-state index contributed by atoms with van der Waals surface area (Å²) in [6.45, 7) is 1.79. The van der Waals surface area contributed by atoms with Crippen LogP contribution in [0.15, 0.2) is 47.9 Å². The minimum atomic E-state index is -4.57. The quantitative estimate of drug-likeness (QED) is 0.635. The maximum atomic E-state index is 13.6. The fraction of sp³-hybridized carbons (Fsp3) is 0.333. The van der Waals surface area contributed by atoms with Gasteiger partial charge >= 0.3 is 12.1 Å². The number of rotatable bonds is 5. The van der Waals surface area contributed by atoms with Crippen molar-refractivity contribution in [2.45, 2.75) is 19.1 Å². The summed E-state index contributed by atoms with van der Waals surface area (Å²) >= 11 is 0. The summed E-state index contributed by atoms with van der Waals surface area (Å²) in [4.78, 5) is 16.8. The molecule has 1 aliphatic heterocycles. The predicted molar refractivity (Wildman–Crippen MR) is 91.0 cm³/mol. The Morgan fingerprint density at radius 3 is 2.74 bits per heavy atom. The van der Waals surface area contributed by atoms with Crippen molar-refractivity contribution < 1.29 is 27.4 Å². The third kappa shape index (κ3) is 3.68. The Labute approximate surface area is 153 Å². The van der Waals surface area contributed by atoms with Gasteiger partial charge in [-0.15, -0.1) is 0 Å². The van der Waals surface area contributed by atoms with E-state index in [-0.39, 0.29) is 24.4 Å². The molecule has 6 nitrogen and oxygen atoms in total. The van der Waals surface area contributed by atoms with Gasteiger partial charge in [-0.05, 0) is 18.6 Å². The summed E-state index contributed by atoms with van der Waals surface area (Å²) in [5, 5.41) is 2.94. The Bertz CT molecular complexity index is 874. The summed E-state index contributed by atoms with van der Waals surface area (Å²) < 4.78 is 52.3. The number of fused-ring (bicyclic) bond motifs is 1. The SMILES string of the molecule is COCCOC(=O)C1=C(C)Nc2nccn2C1c1ccccc1C(F)(F)F. The molecule has 0 spiro atoms. The molecule has 27 heavy (non-hydrogen) atoms. The van der Waals surface area contributed by atoms with Crippen LogP contribution in [0.3, 0.4) is 0 Å². The highest BCUT2D eigenvalue weighted by Gasteiger charge is 2.40. The van der Waals surface area contributed by atoms with Crippen LogP contribution in [0.1, 0.15) is 24.1 Å². The van der Waals surface area contributed by atoms with Crippen LogP contribution in [0.4, 0.5) is 19.1 Å². The van der Waals surface area contributed by atoms with Crippen LogP contribution in [0.25, 0.3) is 0 Å². The lowest BCUT2D eigenvalue weighted by molar-refractivity contribution is -0.142. The Hall–Kier alpha value is -2.81. The van der Waals surface area contributed by atoms with E-state index < -0.39 is 23.8 Å². The number of hydrogen-bond donors (Lipinski definition) is 1. The number of hydrogen-bond acceptors (Lipinski definition) is 5. The number of methoxy groups -OCH3 is 1. The van der Waals surface area contributed by atoms with Crippen molar-refractivity contribution in [3.05, 3.63) is 59.1 Å². The van der Waals surface area contributed by atoms with Crippen LogP contribution in [-0.2, 0) is 20.4 Å². The number of carbonyl (C=O) groups is 1. The van der Waals surface area contributed by atoms with Crippen LogP contribution < -0.4 is 5.32 Å². The average Bonchev–Trinajstić information content (AvgIpc) is 3.07. The highest BCUT2D eigenvalue weighted by Crippen LogP contribution is 2.42. The zero-order valence-corrected chi connectivity index (χ0v) is 14.7. The molecule has 1 atom stereocenters. The minimum Gasteiger partial charge on any atom is -0.460 e. The van der Waals surface area contributed by atoms with Crippen molar-refractivity contribution in [2.24, 2.45) is 0 Å². The van der Waals surface area contributed by atoms with Crippen molar-refractivity contribution in [2.75, 3.05) is 25.6 Å². The smallest absolute Gasteiger partial charge is 0.416 e. The number of nitrogens with zero attached hydrogens (tertiary/aromatic N) is 2. The lowest BCUT2D eigenvalue weighted by atomic mass is 9.91. The van der Waals surface area contributed by atoms with Crippen molar-refractivity contribution >= 4 is 11.9 Å². The van der Waals surface area contributed by atoms with Gasteiger partial charge in [0.25, 0.3) is 0 Å². The summed E-state index contributed by atoms with van der Waals surface area (Å²) in [5.41, 5.74) is -0.387. The molecule has 3 rings (SSSR count). The summed E-state index contributed by atoms with van der Waals surface area (Å²) in [6.07, 6.45) is -1.59. The van der Waals surface area contributed by atoms with E-state index in [0.29, 0.717) is 11.6 Å². The van der Waals surface area contributed by atoms with E-state index in [1.54, 1.807) is 6.92 Å². The molecule has 9 heteroatoms. The highest BCUT2D eigenvalue weighted by molar-refractivity contribution is 5.92. The van der Waals surface area contributed by atoms with Crippen molar-refractivity contribution in [3.63, 3.8) is 0 Å². The fourth-order valence-electron chi connectivity index (χ4n) is 3.06. The molecule has 1 N–H and O–H groups in total. The Morgan fingerprint density at radius 1 is 1.30 bits per heavy atom. The summed E-state index contributed by atoms with van der Waals surface area (Å²) in [7, 11) is 1.46. The first kappa shape index (κ1) is 19.0. The molecule has 0 saturated heterocycles. The number of esters is 1. The fourth-order valence-corrected chi connectivity index (χ4v) is 3.06. The molecule has 0 bridgehead atoms. The standard InChI is InChI=1S/C18H18F3N3O3/c1-11-14(16(25)27-10-9-26-2)15(24-8-7-22-17(24)23-11)12-5-3-4-6-13(12)18(19,20)21/h3-8,15H,9-10H2,1-2H3,(H,22,23).